The van der Waals surface area contributed by atoms with Gasteiger partial charge in [-0.2, -0.15) is 0 Å². The zero-order valence-corrected chi connectivity index (χ0v) is 13.3. The van der Waals surface area contributed by atoms with Crippen LogP contribution in [-0.2, 0) is 0 Å². The van der Waals surface area contributed by atoms with Gasteiger partial charge in [-0.25, -0.2) is 4.98 Å². The predicted octanol–water partition coefficient (Wildman–Crippen LogP) is 5.05. The Bertz CT molecular complexity index is 710. The molecule has 0 saturated carbocycles. The van der Waals surface area contributed by atoms with Gasteiger partial charge in [-0.15, -0.1) is 11.3 Å². The second-order valence-corrected chi connectivity index (χ2v) is 7.59. The number of nitrogens with zero attached hydrogens (tertiary/aromatic N) is 2. The number of rotatable bonds is 3. The van der Waals surface area contributed by atoms with Crippen LogP contribution in [-0.4, -0.2) is 18.1 Å². The fourth-order valence-corrected chi connectivity index (χ4v) is 4.74. The van der Waals surface area contributed by atoms with Gasteiger partial charge in [-0.1, -0.05) is 23.9 Å². The maximum atomic E-state index is 4.68. The van der Waals surface area contributed by atoms with Crippen molar-refractivity contribution in [3.05, 3.63) is 48.5 Å². The lowest BCUT2D eigenvalue weighted by atomic mass is 10.3. The van der Waals surface area contributed by atoms with Crippen molar-refractivity contribution in [1.82, 2.24) is 4.98 Å². The third-order valence-electron chi connectivity index (χ3n) is 3.79. The second-order valence-electron chi connectivity index (χ2n) is 5.24. The van der Waals surface area contributed by atoms with Gasteiger partial charge in [0.05, 0.1) is 10.2 Å². The summed E-state index contributed by atoms with van der Waals surface area (Å²) in [6, 6.07) is 17.2. The van der Waals surface area contributed by atoms with Crippen molar-refractivity contribution in [3.8, 4) is 0 Å². The molecule has 2 heterocycles. The van der Waals surface area contributed by atoms with Crippen LogP contribution in [0, 0.1) is 0 Å². The minimum absolute atomic E-state index is 1.10. The number of para-hydroxylation sites is 1. The molecule has 106 valence electrons. The van der Waals surface area contributed by atoms with Crippen molar-refractivity contribution in [1.29, 1.82) is 0 Å². The molecule has 0 spiro atoms. The van der Waals surface area contributed by atoms with Crippen LogP contribution in [0.15, 0.2) is 57.8 Å². The number of fused-ring (bicyclic) bond motifs is 1. The molecule has 0 amide bonds. The number of hydrogen-bond acceptors (Lipinski definition) is 4. The SMILES string of the molecule is c1ccc2sc(Sc3ccc(N4CCCC4)cc3)nc2c1. The van der Waals surface area contributed by atoms with Crippen LogP contribution in [0.3, 0.4) is 0 Å². The molecule has 4 heteroatoms. The number of aromatic nitrogens is 1. The third-order valence-corrected chi connectivity index (χ3v) is 5.89. The normalized spacial score (nSPS) is 15.0. The van der Waals surface area contributed by atoms with Crippen molar-refractivity contribution < 1.29 is 0 Å². The molecule has 21 heavy (non-hydrogen) atoms. The van der Waals surface area contributed by atoms with E-state index in [0.717, 1.165) is 9.86 Å². The summed E-state index contributed by atoms with van der Waals surface area (Å²) in [5.41, 5.74) is 2.44. The number of thiazole rings is 1. The summed E-state index contributed by atoms with van der Waals surface area (Å²) in [5.74, 6) is 0. The van der Waals surface area contributed by atoms with Gasteiger partial charge in [0.25, 0.3) is 0 Å². The van der Waals surface area contributed by atoms with E-state index in [9.17, 15) is 0 Å². The Hall–Kier alpha value is -1.52. The van der Waals surface area contributed by atoms with Crippen LogP contribution >= 0.6 is 23.1 Å². The van der Waals surface area contributed by atoms with E-state index < -0.39 is 0 Å². The number of benzene rings is 2. The molecule has 0 atom stereocenters. The van der Waals surface area contributed by atoms with E-state index in [2.05, 4.69) is 52.3 Å². The highest BCUT2D eigenvalue weighted by Gasteiger charge is 2.12. The van der Waals surface area contributed by atoms with Gasteiger partial charge in [0.15, 0.2) is 4.34 Å². The smallest absolute Gasteiger partial charge is 0.155 e. The van der Waals surface area contributed by atoms with Gasteiger partial charge in [0, 0.05) is 23.7 Å². The molecule has 1 aliphatic rings. The zero-order valence-electron chi connectivity index (χ0n) is 11.7. The van der Waals surface area contributed by atoms with Crippen LogP contribution < -0.4 is 4.90 Å². The largest absolute Gasteiger partial charge is 0.372 e. The predicted molar refractivity (Wildman–Crippen MR) is 91.6 cm³/mol. The number of anilines is 1. The van der Waals surface area contributed by atoms with Gasteiger partial charge in [-0.05, 0) is 49.2 Å². The summed E-state index contributed by atoms with van der Waals surface area (Å²) >= 11 is 3.52. The van der Waals surface area contributed by atoms with Crippen molar-refractivity contribution in [3.63, 3.8) is 0 Å². The Morgan fingerprint density at radius 1 is 0.952 bits per heavy atom. The average Bonchev–Trinajstić information content (AvgIpc) is 3.17. The third kappa shape index (κ3) is 2.78. The van der Waals surface area contributed by atoms with Crippen LogP contribution in [0.5, 0.6) is 0 Å². The van der Waals surface area contributed by atoms with E-state index in [1.165, 1.54) is 41.2 Å². The Balaban J connectivity index is 1.53. The standard InChI is InChI=1S/C17H16N2S2/c1-2-6-16-15(5-1)18-17(21-16)20-14-9-7-13(8-10-14)19-11-3-4-12-19/h1-2,5-10H,3-4,11-12H2. The molecule has 4 rings (SSSR count). The maximum absolute atomic E-state index is 4.68. The van der Waals surface area contributed by atoms with E-state index in [1.807, 2.05) is 6.07 Å². The summed E-state index contributed by atoms with van der Waals surface area (Å²) < 4.78 is 2.37. The molecule has 1 saturated heterocycles. The van der Waals surface area contributed by atoms with Gasteiger partial charge in [0.1, 0.15) is 0 Å². The molecule has 2 aromatic carbocycles. The molecule has 0 bridgehead atoms. The molecule has 0 aliphatic carbocycles. The minimum atomic E-state index is 1.10. The molecule has 2 nitrogen and oxygen atoms in total. The van der Waals surface area contributed by atoms with Gasteiger partial charge in [0.2, 0.25) is 0 Å². The lowest BCUT2D eigenvalue weighted by Crippen LogP contribution is -2.17. The molecule has 0 N–H and O–H groups in total. The molecule has 1 aromatic heterocycles. The molecule has 0 radical (unpaired) electrons. The van der Waals surface area contributed by atoms with E-state index in [-0.39, 0.29) is 0 Å². The summed E-state index contributed by atoms with van der Waals surface area (Å²) in [6.45, 7) is 2.40. The van der Waals surface area contributed by atoms with Crippen LogP contribution in [0.2, 0.25) is 0 Å². The van der Waals surface area contributed by atoms with E-state index in [4.69, 9.17) is 0 Å². The van der Waals surface area contributed by atoms with Crippen molar-refractivity contribution in [2.45, 2.75) is 22.1 Å². The number of hydrogen-bond donors (Lipinski definition) is 0. The molecular formula is C17H16N2S2. The molecule has 1 fully saturated rings. The highest BCUT2D eigenvalue weighted by molar-refractivity contribution is 8.01. The first kappa shape index (κ1) is 13.2. The molecular weight excluding hydrogens is 296 g/mol. The quantitative estimate of drug-likeness (QED) is 0.673. The Morgan fingerprint density at radius 3 is 2.48 bits per heavy atom. The Kier molecular flexibility index (Phi) is 3.57. The van der Waals surface area contributed by atoms with Crippen LogP contribution in [0.1, 0.15) is 12.8 Å². The lowest BCUT2D eigenvalue weighted by molar-refractivity contribution is 0.949. The van der Waals surface area contributed by atoms with E-state index in [1.54, 1.807) is 23.1 Å². The maximum Gasteiger partial charge on any atom is 0.155 e. The highest BCUT2D eigenvalue weighted by atomic mass is 32.2. The van der Waals surface area contributed by atoms with Crippen LogP contribution in [0.25, 0.3) is 10.2 Å². The first-order chi connectivity index (χ1) is 10.4. The summed E-state index contributed by atoms with van der Waals surface area (Å²) in [6.07, 6.45) is 2.64. The minimum Gasteiger partial charge on any atom is -0.372 e. The molecule has 0 unspecified atom stereocenters. The first-order valence-corrected chi connectivity index (χ1v) is 8.90. The van der Waals surface area contributed by atoms with Gasteiger partial charge in [-0.3, -0.25) is 0 Å². The first-order valence-electron chi connectivity index (χ1n) is 7.27. The van der Waals surface area contributed by atoms with Crippen molar-refractivity contribution in [2.75, 3.05) is 18.0 Å². The van der Waals surface area contributed by atoms with E-state index in [0.29, 0.717) is 0 Å². The van der Waals surface area contributed by atoms with Crippen molar-refractivity contribution in [2.24, 2.45) is 0 Å². The lowest BCUT2D eigenvalue weighted by Gasteiger charge is -2.17. The summed E-state index contributed by atoms with van der Waals surface area (Å²) in [4.78, 5) is 8.40. The van der Waals surface area contributed by atoms with E-state index >= 15 is 0 Å². The fraction of sp³-hybridized carbons (Fsp3) is 0.235. The Labute approximate surface area is 132 Å². The molecule has 1 aliphatic heterocycles. The van der Waals surface area contributed by atoms with Crippen molar-refractivity contribution >= 4 is 39.0 Å². The second kappa shape index (κ2) is 5.70. The Morgan fingerprint density at radius 2 is 1.71 bits per heavy atom. The highest BCUT2D eigenvalue weighted by Crippen LogP contribution is 2.35. The molecule has 3 aromatic rings. The van der Waals surface area contributed by atoms with Gasteiger partial charge < -0.3 is 4.90 Å². The van der Waals surface area contributed by atoms with Crippen LogP contribution in [0.4, 0.5) is 5.69 Å². The fourth-order valence-electron chi connectivity index (χ4n) is 2.70. The summed E-state index contributed by atoms with van der Waals surface area (Å²) in [7, 11) is 0. The summed E-state index contributed by atoms with van der Waals surface area (Å²) in [5, 5.41) is 0. The van der Waals surface area contributed by atoms with Gasteiger partial charge >= 0.3 is 0 Å². The average molecular weight is 312 g/mol. The zero-order chi connectivity index (χ0) is 14.1. The monoisotopic (exact) mass is 312 g/mol. The topological polar surface area (TPSA) is 16.1 Å².